The Morgan fingerprint density at radius 1 is 0.711 bits per heavy atom. The molecule has 0 aromatic heterocycles. The molecule has 0 amide bonds. The molecule has 0 heterocycles. The van der Waals surface area contributed by atoms with Gasteiger partial charge in [0.1, 0.15) is 11.6 Å². The number of carbonyl (C=O) groups excluding carboxylic acids is 2. The first kappa shape index (κ1) is 33.7. The van der Waals surface area contributed by atoms with E-state index in [4.69, 9.17) is 0 Å². The number of Topliss-reactive ketones (excluding diaryl/α,β-unsaturated/α-hetero) is 2. The first-order valence-electron chi connectivity index (χ1n) is 15.7. The number of hydrogen-bond acceptors (Lipinski definition) is 4. The number of unbranched alkanes of at least 4 members (excludes halogenated alkanes) is 3. The Balaban J connectivity index is 1.72. The van der Waals surface area contributed by atoms with E-state index in [-0.39, 0.29) is 33.2 Å². The molecule has 0 aromatic rings. The van der Waals surface area contributed by atoms with Crippen LogP contribution < -0.4 is 0 Å². The highest BCUT2D eigenvalue weighted by Crippen LogP contribution is 2.46. The molecule has 0 aliphatic heterocycles. The summed E-state index contributed by atoms with van der Waals surface area (Å²) in [5.74, 6) is 4.15. The van der Waals surface area contributed by atoms with Crippen LogP contribution in [0, 0.1) is 34.5 Å². The number of hydrogen-bond donors (Lipinski definition) is 0. The van der Waals surface area contributed by atoms with Gasteiger partial charge in [-0.3, -0.25) is 9.59 Å². The van der Waals surface area contributed by atoms with Gasteiger partial charge in [0.2, 0.25) is 0 Å². The molecule has 2 aliphatic rings. The van der Waals surface area contributed by atoms with Crippen molar-refractivity contribution in [2.75, 3.05) is 11.5 Å². The molecular weight excluding hydrogens is 505 g/mol. The van der Waals surface area contributed by atoms with Crippen molar-refractivity contribution in [1.82, 2.24) is 0 Å². The Bertz CT molecular complexity index is 738. The molecule has 0 N–H and O–H groups in total. The third kappa shape index (κ3) is 8.51. The van der Waals surface area contributed by atoms with Crippen LogP contribution in [0.3, 0.4) is 0 Å². The van der Waals surface area contributed by atoms with E-state index in [1.165, 1.54) is 25.7 Å². The van der Waals surface area contributed by atoms with Crippen molar-refractivity contribution in [1.29, 1.82) is 0 Å². The summed E-state index contributed by atoms with van der Waals surface area (Å²) in [7, 11) is 0. The van der Waals surface area contributed by atoms with Crippen molar-refractivity contribution in [3.05, 3.63) is 24.3 Å². The second kappa shape index (κ2) is 16.1. The summed E-state index contributed by atoms with van der Waals surface area (Å²) in [5.41, 5.74) is 0.213. The minimum Gasteiger partial charge on any atom is -0.298 e. The van der Waals surface area contributed by atoms with Gasteiger partial charge in [0, 0.05) is 11.8 Å². The summed E-state index contributed by atoms with van der Waals surface area (Å²) >= 11 is 3.80. The predicted octanol–water partition coefficient (Wildman–Crippen LogP) is 9.97. The normalized spacial score (nSPS) is 32.7. The van der Waals surface area contributed by atoms with Gasteiger partial charge in [0.25, 0.3) is 0 Å². The average Bonchev–Trinajstić information content (AvgIpc) is 2.89. The molecule has 8 unspecified atom stereocenters. The van der Waals surface area contributed by atoms with Crippen molar-refractivity contribution >= 4 is 35.1 Å². The molecule has 0 aromatic carbocycles. The van der Waals surface area contributed by atoms with E-state index < -0.39 is 0 Å². The van der Waals surface area contributed by atoms with Gasteiger partial charge in [-0.2, -0.15) is 23.5 Å². The van der Waals surface area contributed by atoms with Crippen LogP contribution in [0.5, 0.6) is 0 Å². The summed E-state index contributed by atoms with van der Waals surface area (Å²) in [6.45, 7) is 17.9. The van der Waals surface area contributed by atoms with E-state index in [1.807, 2.05) is 23.5 Å². The van der Waals surface area contributed by atoms with Gasteiger partial charge in [-0.05, 0) is 85.5 Å². The van der Waals surface area contributed by atoms with Gasteiger partial charge >= 0.3 is 0 Å². The number of allylic oxidation sites excluding steroid dienone is 4. The molecule has 0 saturated heterocycles. The van der Waals surface area contributed by atoms with Crippen LogP contribution in [-0.2, 0) is 9.59 Å². The molecule has 0 fully saturated rings. The maximum absolute atomic E-state index is 13.6. The summed E-state index contributed by atoms with van der Waals surface area (Å²) in [6, 6.07) is 0. The molecule has 4 heteroatoms. The molecule has 38 heavy (non-hydrogen) atoms. The van der Waals surface area contributed by atoms with Gasteiger partial charge in [-0.1, -0.05) is 92.5 Å². The van der Waals surface area contributed by atoms with Crippen LogP contribution in [0.1, 0.15) is 120 Å². The SMILES string of the molecule is CCC(SCCCCCCSC(CC)C(=O)C1C(C)C=CCC1(C)CC)C(=O)C1C(C)C=CCC1(C)CC. The molecule has 8 atom stereocenters. The van der Waals surface area contributed by atoms with Crippen LogP contribution in [0.4, 0.5) is 0 Å². The predicted molar refractivity (Wildman–Crippen MR) is 171 cm³/mol. The van der Waals surface area contributed by atoms with Crippen molar-refractivity contribution in [3.63, 3.8) is 0 Å². The van der Waals surface area contributed by atoms with Crippen LogP contribution in [0.2, 0.25) is 0 Å². The monoisotopic (exact) mass is 562 g/mol. The zero-order chi connectivity index (χ0) is 28.3. The van der Waals surface area contributed by atoms with Crippen LogP contribution in [-0.4, -0.2) is 33.6 Å². The Kier molecular flexibility index (Phi) is 14.3. The topological polar surface area (TPSA) is 34.1 Å². The van der Waals surface area contributed by atoms with Crippen molar-refractivity contribution in [3.8, 4) is 0 Å². The van der Waals surface area contributed by atoms with Crippen LogP contribution in [0.15, 0.2) is 24.3 Å². The lowest BCUT2D eigenvalue weighted by Gasteiger charge is -2.42. The summed E-state index contributed by atoms with van der Waals surface area (Å²) in [6.07, 6.45) is 20.0. The maximum Gasteiger partial charge on any atom is 0.150 e. The Hall–Kier alpha value is -0.480. The number of carbonyl (C=O) groups is 2. The van der Waals surface area contributed by atoms with Gasteiger partial charge in [-0.25, -0.2) is 0 Å². The van der Waals surface area contributed by atoms with Gasteiger partial charge in [0.05, 0.1) is 10.5 Å². The first-order chi connectivity index (χ1) is 18.1. The molecule has 0 spiro atoms. The van der Waals surface area contributed by atoms with Crippen molar-refractivity contribution < 1.29 is 9.59 Å². The van der Waals surface area contributed by atoms with Gasteiger partial charge in [-0.15, -0.1) is 0 Å². The fourth-order valence-electron chi connectivity index (χ4n) is 6.99. The van der Waals surface area contributed by atoms with E-state index in [9.17, 15) is 9.59 Å². The highest BCUT2D eigenvalue weighted by atomic mass is 32.2. The van der Waals surface area contributed by atoms with E-state index in [0.29, 0.717) is 23.4 Å². The molecule has 0 saturated carbocycles. The second-order valence-electron chi connectivity index (χ2n) is 12.7. The molecule has 2 aliphatic carbocycles. The lowest BCUT2D eigenvalue weighted by molar-refractivity contribution is -0.129. The molecule has 2 rings (SSSR count). The maximum atomic E-state index is 13.6. The average molecular weight is 563 g/mol. The Morgan fingerprint density at radius 3 is 1.39 bits per heavy atom. The van der Waals surface area contributed by atoms with Gasteiger partial charge < -0.3 is 0 Å². The largest absolute Gasteiger partial charge is 0.298 e. The van der Waals surface area contributed by atoms with Crippen LogP contribution in [0.25, 0.3) is 0 Å². The van der Waals surface area contributed by atoms with Crippen LogP contribution >= 0.6 is 23.5 Å². The molecular formula is C34H58O2S2. The quantitative estimate of drug-likeness (QED) is 0.130. The minimum atomic E-state index is 0.107. The third-order valence-corrected chi connectivity index (χ3v) is 12.9. The van der Waals surface area contributed by atoms with E-state index >= 15 is 0 Å². The number of ketones is 2. The fourth-order valence-corrected chi connectivity index (χ4v) is 9.40. The second-order valence-corrected chi connectivity index (χ2v) is 15.3. The molecule has 0 bridgehead atoms. The summed E-state index contributed by atoms with van der Waals surface area (Å²) in [4.78, 5) is 27.1. The smallest absolute Gasteiger partial charge is 0.150 e. The van der Waals surface area contributed by atoms with E-state index in [2.05, 4.69) is 79.7 Å². The zero-order valence-corrected chi connectivity index (χ0v) is 27.5. The number of thioether (sulfide) groups is 2. The standard InChI is InChI=1S/C34H58O2S2/c1-9-27(31(35)29-25(5)19-17-21-33(29,7)11-3)37-23-15-13-14-16-24-38-28(10-2)32(36)30-26(6)20-18-22-34(30,8)12-4/h17-20,25-30H,9-16,21-24H2,1-8H3. The summed E-state index contributed by atoms with van der Waals surface area (Å²) in [5, 5.41) is 0.273. The lowest BCUT2D eigenvalue weighted by atomic mass is 9.62. The van der Waals surface area contributed by atoms with E-state index in [0.717, 1.165) is 50.0 Å². The minimum absolute atomic E-state index is 0.107. The first-order valence-corrected chi connectivity index (χ1v) is 17.8. The number of rotatable bonds is 17. The third-order valence-electron chi connectivity index (χ3n) is 9.88. The highest BCUT2D eigenvalue weighted by molar-refractivity contribution is 8.00. The van der Waals surface area contributed by atoms with Crippen molar-refractivity contribution in [2.24, 2.45) is 34.5 Å². The zero-order valence-electron chi connectivity index (χ0n) is 25.9. The van der Waals surface area contributed by atoms with Crippen molar-refractivity contribution in [2.45, 2.75) is 130 Å². The van der Waals surface area contributed by atoms with E-state index in [1.54, 1.807) is 0 Å². The molecule has 0 radical (unpaired) electrons. The lowest BCUT2D eigenvalue weighted by Crippen LogP contribution is -2.42. The fraction of sp³-hybridized carbons (Fsp3) is 0.824. The molecule has 218 valence electrons. The molecule has 2 nitrogen and oxygen atoms in total. The summed E-state index contributed by atoms with van der Waals surface area (Å²) < 4.78 is 0. The Labute approximate surface area is 244 Å². The van der Waals surface area contributed by atoms with Gasteiger partial charge in [0.15, 0.2) is 0 Å². The Morgan fingerprint density at radius 2 is 1.08 bits per heavy atom. The highest BCUT2D eigenvalue weighted by Gasteiger charge is 2.44.